The highest BCUT2D eigenvalue weighted by Gasteiger charge is 2.44. The number of nitrogens with zero attached hydrogens (tertiary/aromatic N) is 1. The van der Waals surface area contributed by atoms with Gasteiger partial charge in [0, 0.05) is 18.0 Å². The van der Waals surface area contributed by atoms with Gasteiger partial charge < -0.3 is 15.4 Å². The van der Waals surface area contributed by atoms with E-state index in [-0.39, 0.29) is 35.7 Å². The Bertz CT molecular complexity index is 525. The van der Waals surface area contributed by atoms with Crippen LogP contribution in [0.15, 0.2) is 18.2 Å². The number of carbonyl (C=O) groups is 1. The molecule has 1 fully saturated rings. The highest BCUT2D eigenvalue weighted by atomic mass is 19.1. The predicted molar refractivity (Wildman–Crippen MR) is 74.9 cm³/mol. The number of likely N-dealkylation sites (tertiary alicyclic amines) is 1. The van der Waals surface area contributed by atoms with Crippen LogP contribution in [0.3, 0.4) is 0 Å². The van der Waals surface area contributed by atoms with Crippen molar-refractivity contribution in [2.45, 2.75) is 44.8 Å². The smallest absolute Gasteiger partial charge is 0.225 e. The minimum Gasteiger partial charge on any atom is -0.494 e. The number of nitrogens with two attached hydrogens (primary N) is 1. The normalized spacial score (nSPS) is 23.3. The van der Waals surface area contributed by atoms with Crippen LogP contribution in [0.1, 0.15) is 38.8 Å². The Hall–Kier alpha value is -1.62. The minimum absolute atomic E-state index is 0.00577. The molecule has 20 heavy (non-hydrogen) atoms. The number of halogens is 1. The average Bonchev–Trinajstić information content (AvgIpc) is 2.63. The van der Waals surface area contributed by atoms with E-state index in [0.29, 0.717) is 5.56 Å². The molecule has 0 saturated carbocycles. The summed E-state index contributed by atoms with van der Waals surface area (Å²) in [5.74, 6) is -0.245. The zero-order chi connectivity index (χ0) is 15.1. The summed E-state index contributed by atoms with van der Waals surface area (Å²) in [7, 11) is 1.42. The van der Waals surface area contributed by atoms with E-state index >= 15 is 0 Å². The molecule has 1 aliphatic rings. The first-order valence-corrected chi connectivity index (χ1v) is 6.67. The summed E-state index contributed by atoms with van der Waals surface area (Å²) in [4.78, 5) is 13.9. The van der Waals surface area contributed by atoms with Crippen LogP contribution in [0.25, 0.3) is 0 Å². The van der Waals surface area contributed by atoms with Gasteiger partial charge in [-0.05, 0) is 38.5 Å². The van der Waals surface area contributed by atoms with E-state index in [1.54, 1.807) is 17.0 Å². The Balaban J connectivity index is 2.43. The fraction of sp³-hybridized carbons (Fsp3) is 0.533. The summed E-state index contributed by atoms with van der Waals surface area (Å²) in [6.45, 7) is 5.86. The molecule has 0 aliphatic carbocycles. The molecule has 1 aromatic rings. The fourth-order valence-corrected chi connectivity index (χ4v) is 2.81. The van der Waals surface area contributed by atoms with Crippen LogP contribution in [0.5, 0.6) is 5.75 Å². The van der Waals surface area contributed by atoms with Crippen molar-refractivity contribution in [2.24, 2.45) is 5.73 Å². The maximum atomic E-state index is 13.9. The standard InChI is InChI=1S/C15H21FN2O2/c1-15(2,3)18-13(19)8-11(17)14(18)9-5-6-12(20-4)10(16)7-9/h5-7,11,14H,8,17H2,1-4H3. The highest BCUT2D eigenvalue weighted by molar-refractivity contribution is 5.81. The Morgan fingerprint density at radius 3 is 2.55 bits per heavy atom. The van der Waals surface area contributed by atoms with Gasteiger partial charge in [-0.15, -0.1) is 0 Å². The predicted octanol–water partition coefficient (Wildman–Crippen LogP) is 2.23. The molecule has 1 aliphatic heterocycles. The van der Waals surface area contributed by atoms with Gasteiger partial charge in [0.1, 0.15) is 0 Å². The minimum atomic E-state index is -0.439. The quantitative estimate of drug-likeness (QED) is 0.904. The molecule has 110 valence electrons. The average molecular weight is 280 g/mol. The molecular weight excluding hydrogens is 259 g/mol. The molecule has 1 aromatic carbocycles. The third kappa shape index (κ3) is 2.50. The van der Waals surface area contributed by atoms with Gasteiger partial charge in [-0.3, -0.25) is 4.79 Å². The first kappa shape index (κ1) is 14.8. The van der Waals surface area contributed by atoms with Crippen LogP contribution in [0, 0.1) is 5.82 Å². The number of amides is 1. The third-order valence-electron chi connectivity index (χ3n) is 3.60. The van der Waals surface area contributed by atoms with Crippen LogP contribution in [-0.4, -0.2) is 29.5 Å². The van der Waals surface area contributed by atoms with E-state index in [2.05, 4.69) is 0 Å². The van der Waals surface area contributed by atoms with E-state index in [0.717, 1.165) is 0 Å². The number of rotatable bonds is 2. The van der Waals surface area contributed by atoms with Gasteiger partial charge in [-0.25, -0.2) is 4.39 Å². The molecule has 5 heteroatoms. The second-order valence-corrected chi connectivity index (χ2v) is 6.14. The van der Waals surface area contributed by atoms with E-state index in [1.165, 1.54) is 13.2 Å². The number of carbonyl (C=O) groups excluding carboxylic acids is 1. The van der Waals surface area contributed by atoms with Crippen molar-refractivity contribution in [1.82, 2.24) is 4.90 Å². The van der Waals surface area contributed by atoms with Crippen LogP contribution in [-0.2, 0) is 4.79 Å². The molecule has 0 radical (unpaired) electrons. The monoisotopic (exact) mass is 280 g/mol. The lowest BCUT2D eigenvalue weighted by atomic mass is 9.96. The van der Waals surface area contributed by atoms with Gasteiger partial charge in [0.2, 0.25) is 5.91 Å². The Morgan fingerprint density at radius 2 is 2.05 bits per heavy atom. The summed E-state index contributed by atoms with van der Waals surface area (Å²) in [6.07, 6.45) is 0.287. The molecule has 1 saturated heterocycles. The zero-order valence-corrected chi connectivity index (χ0v) is 12.3. The number of benzene rings is 1. The highest BCUT2D eigenvalue weighted by Crippen LogP contribution is 2.38. The van der Waals surface area contributed by atoms with Gasteiger partial charge in [-0.2, -0.15) is 0 Å². The van der Waals surface area contributed by atoms with E-state index < -0.39 is 5.82 Å². The van der Waals surface area contributed by atoms with Crippen LogP contribution < -0.4 is 10.5 Å². The Kier molecular flexibility index (Phi) is 3.73. The van der Waals surface area contributed by atoms with Gasteiger partial charge in [0.15, 0.2) is 11.6 Å². The zero-order valence-electron chi connectivity index (χ0n) is 12.3. The summed E-state index contributed by atoms with van der Waals surface area (Å²) >= 11 is 0. The number of hydrogen-bond donors (Lipinski definition) is 1. The summed E-state index contributed by atoms with van der Waals surface area (Å²) in [6, 6.07) is 4.11. The molecule has 2 atom stereocenters. The van der Waals surface area contributed by atoms with Gasteiger partial charge in [-0.1, -0.05) is 6.07 Å². The maximum Gasteiger partial charge on any atom is 0.225 e. The van der Waals surface area contributed by atoms with Crippen molar-refractivity contribution < 1.29 is 13.9 Å². The molecule has 1 heterocycles. The second kappa shape index (κ2) is 5.05. The van der Waals surface area contributed by atoms with Crippen molar-refractivity contribution in [3.8, 4) is 5.75 Å². The molecule has 2 N–H and O–H groups in total. The maximum absolute atomic E-state index is 13.9. The molecule has 0 aromatic heterocycles. The first-order valence-electron chi connectivity index (χ1n) is 6.67. The Morgan fingerprint density at radius 1 is 1.40 bits per heavy atom. The van der Waals surface area contributed by atoms with Crippen LogP contribution in [0.2, 0.25) is 0 Å². The molecule has 1 amide bonds. The van der Waals surface area contributed by atoms with Gasteiger partial charge in [0.25, 0.3) is 0 Å². The lowest BCUT2D eigenvalue weighted by molar-refractivity contribution is -0.133. The Labute approximate surface area is 118 Å². The first-order chi connectivity index (χ1) is 9.25. The number of methoxy groups -OCH3 is 1. The molecule has 4 nitrogen and oxygen atoms in total. The van der Waals surface area contributed by atoms with Crippen LogP contribution >= 0.6 is 0 Å². The molecular formula is C15H21FN2O2. The molecule has 2 unspecified atom stereocenters. The van der Waals surface area contributed by atoms with E-state index in [1.807, 2.05) is 20.8 Å². The fourth-order valence-electron chi connectivity index (χ4n) is 2.81. The van der Waals surface area contributed by atoms with Gasteiger partial charge >= 0.3 is 0 Å². The van der Waals surface area contributed by atoms with E-state index in [9.17, 15) is 9.18 Å². The van der Waals surface area contributed by atoms with Crippen molar-refractivity contribution in [3.05, 3.63) is 29.6 Å². The summed E-state index contributed by atoms with van der Waals surface area (Å²) < 4.78 is 18.8. The van der Waals surface area contributed by atoms with Crippen molar-refractivity contribution in [1.29, 1.82) is 0 Å². The summed E-state index contributed by atoms with van der Waals surface area (Å²) in [5.41, 5.74) is 6.44. The SMILES string of the molecule is COc1ccc(C2C(N)CC(=O)N2C(C)(C)C)cc1F. The lowest BCUT2D eigenvalue weighted by Gasteiger charge is -2.38. The summed E-state index contributed by atoms with van der Waals surface area (Å²) in [5, 5.41) is 0. The van der Waals surface area contributed by atoms with E-state index in [4.69, 9.17) is 10.5 Å². The van der Waals surface area contributed by atoms with Gasteiger partial charge in [0.05, 0.1) is 13.2 Å². The lowest BCUT2D eigenvalue weighted by Crippen LogP contribution is -2.45. The van der Waals surface area contributed by atoms with Crippen molar-refractivity contribution in [2.75, 3.05) is 7.11 Å². The molecule has 0 spiro atoms. The van der Waals surface area contributed by atoms with Crippen molar-refractivity contribution >= 4 is 5.91 Å². The topological polar surface area (TPSA) is 55.6 Å². The third-order valence-corrected chi connectivity index (χ3v) is 3.60. The largest absolute Gasteiger partial charge is 0.494 e. The number of ether oxygens (including phenoxy) is 1. The van der Waals surface area contributed by atoms with Crippen molar-refractivity contribution in [3.63, 3.8) is 0 Å². The number of hydrogen-bond acceptors (Lipinski definition) is 3. The van der Waals surface area contributed by atoms with Crippen LogP contribution in [0.4, 0.5) is 4.39 Å². The molecule has 0 bridgehead atoms. The second-order valence-electron chi connectivity index (χ2n) is 6.14. The molecule has 2 rings (SSSR count).